The number of H-pyrrole nitrogens is 1. The van der Waals surface area contributed by atoms with Gasteiger partial charge in [0.05, 0.1) is 11.4 Å². The minimum absolute atomic E-state index is 0.0862. The number of benzene rings is 1. The van der Waals surface area contributed by atoms with E-state index < -0.39 is 16.1 Å². The number of carbonyl (C=O) groups is 1. The number of aromatic nitrogens is 2. The van der Waals surface area contributed by atoms with E-state index in [1.807, 2.05) is 24.3 Å². The van der Waals surface area contributed by atoms with Crippen molar-refractivity contribution in [2.45, 2.75) is 70.4 Å². The summed E-state index contributed by atoms with van der Waals surface area (Å²) in [7, 11) is -3.60. The average molecular weight is 449 g/mol. The molecule has 3 rings (SSSR count). The molecule has 2 aromatic rings. The van der Waals surface area contributed by atoms with Gasteiger partial charge in [-0.1, -0.05) is 32.0 Å². The summed E-state index contributed by atoms with van der Waals surface area (Å²) >= 11 is 0. The molecule has 1 amide bonds. The SMILES string of the molecule is Cc1n[nH]c(C)c1S(=O)(=O)N1CCC(NC(=O)C(C)Oc2ccccc2C(C)C)CC1. The lowest BCUT2D eigenvalue weighted by atomic mass is 10.0. The number of sulfonamides is 1. The zero-order valence-electron chi connectivity index (χ0n) is 18.8. The molecule has 0 radical (unpaired) electrons. The summed E-state index contributed by atoms with van der Waals surface area (Å²) < 4.78 is 33.4. The van der Waals surface area contributed by atoms with Crippen LogP contribution in [-0.4, -0.2) is 54.1 Å². The molecule has 1 aromatic heterocycles. The fraction of sp³-hybridized carbons (Fsp3) is 0.545. The molecule has 170 valence electrons. The molecule has 1 aromatic carbocycles. The topological polar surface area (TPSA) is 104 Å². The highest BCUT2D eigenvalue weighted by molar-refractivity contribution is 7.89. The van der Waals surface area contributed by atoms with Gasteiger partial charge in [0, 0.05) is 19.1 Å². The first-order valence-electron chi connectivity index (χ1n) is 10.7. The fourth-order valence-corrected chi connectivity index (χ4v) is 5.72. The van der Waals surface area contributed by atoms with Crippen LogP contribution < -0.4 is 10.1 Å². The Balaban J connectivity index is 1.57. The molecular weight excluding hydrogens is 416 g/mol. The van der Waals surface area contributed by atoms with Crippen molar-refractivity contribution in [1.82, 2.24) is 19.8 Å². The number of hydrogen-bond acceptors (Lipinski definition) is 5. The quantitative estimate of drug-likeness (QED) is 0.678. The minimum atomic E-state index is -3.60. The summed E-state index contributed by atoms with van der Waals surface area (Å²) in [5.41, 5.74) is 2.08. The molecule has 0 saturated carbocycles. The predicted octanol–water partition coefficient (Wildman–Crippen LogP) is 2.89. The molecule has 1 saturated heterocycles. The molecular formula is C22H32N4O4S. The van der Waals surface area contributed by atoms with Crippen LogP contribution in [0.4, 0.5) is 0 Å². The Morgan fingerprint density at radius 1 is 1.19 bits per heavy atom. The number of piperidine rings is 1. The van der Waals surface area contributed by atoms with Crippen LogP contribution in [0.3, 0.4) is 0 Å². The van der Waals surface area contributed by atoms with E-state index in [0.717, 1.165) is 5.56 Å². The monoisotopic (exact) mass is 448 g/mol. The number of nitrogens with zero attached hydrogens (tertiary/aromatic N) is 2. The maximum Gasteiger partial charge on any atom is 0.260 e. The first kappa shape index (κ1) is 23.3. The van der Waals surface area contributed by atoms with Crippen LogP contribution in [-0.2, 0) is 14.8 Å². The lowest BCUT2D eigenvalue weighted by molar-refractivity contribution is -0.128. The molecule has 0 aliphatic carbocycles. The van der Waals surface area contributed by atoms with Gasteiger partial charge in [0.15, 0.2) is 6.10 Å². The Morgan fingerprint density at radius 3 is 2.42 bits per heavy atom. The molecule has 8 nitrogen and oxygen atoms in total. The van der Waals surface area contributed by atoms with Gasteiger partial charge in [0.25, 0.3) is 5.91 Å². The minimum Gasteiger partial charge on any atom is -0.481 e. The zero-order valence-corrected chi connectivity index (χ0v) is 19.6. The second-order valence-corrected chi connectivity index (χ2v) is 10.3. The second-order valence-electron chi connectivity index (χ2n) is 8.40. The van der Waals surface area contributed by atoms with Crippen LogP contribution in [0, 0.1) is 13.8 Å². The summed E-state index contributed by atoms with van der Waals surface area (Å²) in [5, 5.41) is 9.75. The number of carbonyl (C=O) groups excluding carboxylic acids is 1. The molecule has 2 heterocycles. The van der Waals surface area contributed by atoms with E-state index >= 15 is 0 Å². The molecule has 1 aliphatic rings. The van der Waals surface area contributed by atoms with Crippen LogP contribution in [0.5, 0.6) is 5.75 Å². The number of rotatable bonds is 7. The van der Waals surface area contributed by atoms with Crippen molar-refractivity contribution in [3.8, 4) is 5.75 Å². The molecule has 1 unspecified atom stereocenters. The number of ether oxygens (including phenoxy) is 1. The maximum atomic E-state index is 13.0. The largest absolute Gasteiger partial charge is 0.481 e. The van der Waals surface area contributed by atoms with Crippen molar-refractivity contribution in [3.63, 3.8) is 0 Å². The summed E-state index contributed by atoms with van der Waals surface area (Å²) in [4.78, 5) is 12.9. The van der Waals surface area contributed by atoms with E-state index in [1.165, 1.54) is 4.31 Å². The lowest BCUT2D eigenvalue weighted by Gasteiger charge is -2.32. The van der Waals surface area contributed by atoms with Crippen molar-refractivity contribution in [2.75, 3.05) is 13.1 Å². The first-order valence-corrected chi connectivity index (χ1v) is 12.1. The molecule has 31 heavy (non-hydrogen) atoms. The molecule has 2 N–H and O–H groups in total. The smallest absolute Gasteiger partial charge is 0.260 e. The van der Waals surface area contributed by atoms with Crippen LogP contribution >= 0.6 is 0 Å². The van der Waals surface area contributed by atoms with Gasteiger partial charge in [0.2, 0.25) is 10.0 Å². The van der Waals surface area contributed by atoms with E-state index in [1.54, 1.807) is 20.8 Å². The fourth-order valence-electron chi connectivity index (χ4n) is 3.92. The van der Waals surface area contributed by atoms with Crippen LogP contribution in [0.1, 0.15) is 56.5 Å². The molecule has 1 fully saturated rings. The highest BCUT2D eigenvalue weighted by Gasteiger charge is 2.33. The van der Waals surface area contributed by atoms with Gasteiger partial charge in [-0.2, -0.15) is 9.40 Å². The Labute approximate surface area is 184 Å². The number of aryl methyl sites for hydroxylation is 2. The van der Waals surface area contributed by atoms with Gasteiger partial charge in [0.1, 0.15) is 10.6 Å². The third-order valence-corrected chi connectivity index (χ3v) is 7.84. The van der Waals surface area contributed by atoms with Crippen molar-refractivity contribution < 1.29 is 17.9 Å². The van der Waals surface area contributed by atoms with Crippen molar-refractivity contribution in [1.29, 1.82) is 0 Å². The number of hydrogen-bond donors (Lipinski definition) is 2. The number of para-hydroxylation sites is 1. The number of aromatic amines is 1. The van der Waals surface area contributed by atoms with E-state index in [9.17, 15) is 13.2 Å². The molecule has 9 heteroatoms. The molecule has 0 bridgehead atoms. The summed E-state index contributed by atoms with van der Waals surface area (Å²) in [5.74, 6) is 0.813. The van der Waals surface area contributed by atoms with Crippen molar-refractivity contribution in [3.05, 3.63) is 41.2 Å². The van der Waals surface area contributed by atoms with Gasteiger partial charge >= 0.3 is 0 Å². The van der Waals surface area contributed by atoms with Crippen molar-refractivity contribution >= 4 is 15.9 Å². The van der Waals surface area contributed by atoms with Gasteiger partial charge in [-0.3, -0.25) is 9.89 Å². The average Bonchev–Trinajstić information content (AvgIpc) is 3.07. The number of nitrogens with one attached hydrogen (secondary N) is 2. The maximum absolute atomic E-state index is 13.0. The van der Waals surface area contributed by atoms with Crippen LogP contribution in [0.15, 0.2) is 29.2 Å². The van der Waals surface area contributed by atoms with Crippen LogP contribution in [0.2, 0.25) is 0 Å². The predicted molar refractivity (Wildman–Crippen MR) is 119 cm³/mol. The number of amides is 1. The summed E-state index contributed by atoms with van der Waals surface area (Å²) in [6.45, 7) is 9.99. The first-order chi connectivity index (χ1) is 14.6. The standard InChI is InChI=1S/C22H32N4O4S/c1-14(2)19-8-6-7-9-20(19)30-17(5)22(27)23-18-10-12-26(13-11-18)31(28,29)21-15(3)24-25-16(21)4/h6-9,14,17-18H,10-13H2,1-5H3,(H,23,27)(H,24,25). The van der Waals surface area contributed by atoms with E-state index in [0.29, 0.717) is 49.0 Å². The Morgan fingerprint density at radius 2 is 1.84 bits per heavy atom. The molecule has 1 aliphatic heterocycles. The Bertz CT molecular complexity index is 1000. The van der Waals surface area contributed by atoms with E-state index in [2.05, 4.69) is 29.4 Å². The molecule has 0 spiro atoms. The zero-order chi connectivity index (χ0) is 22.8. The van der Waals surface area contributed by atoms with E-state index in [4.69, 9.17) is 4.74 Å². The van der Waals surface area contributed by atoms with Gasteiger partial charge < -0.3 is 10.1 Å². The summed E-state index contributed by atoms with van der Waals surface area (Å²) in [6.07, 6.45) is 0.463. The Hall–Kier alpha value is -2.39. The highest BCUT2D eigenvalue weighted by atomic mass is 32.2. The third kappa shape index (κ3) is 5.10. The van der Waals surface area contributed by atoms with Gasteiger partial charge in [-0.05, 0) is 51.2 Å². The highest BCUT2D eigenvalue weighted by Crippen LogP contribution is 2.27. The summed E-state index contributed by atoms with van der Waals surface area (Å²) in [6, 6.07) is 7.65. The second kappa shape index (κ2) is 9.40. The van der Waals surface area contributed by atoms with Crippen molar-refractivity contribution in [2.24, 2.45) is 0 Å². The van der Waals surface area contributed by atoms with Crippen LogP contribution in [0.25, 0.3) is 0 Å². The van der Waals surface area contributed by atoms with Gasteiger partial charge in [-0.15, -0.1) is 0 Å². The normalized spacial score (nSPS) is 17.0. The third-order valence-electron chi connectivity index (χ3n) is 5.67. The Kier molecular flexibility index (Phi) is 7.06. The molecule has 1 atom stereocenters. The lowest BCUT2D eigenvalue weighted by Crippen LogP contribution is -2.49. The van der Waals surface area contributed by atoms with Gasteiger partial charge in [-0.25, -0.2) is 8.42 Å². The van der Waals surface area contributed by atoms with E-state index in [-0.39, 0.29) is 16.8 Å².